The summed E-state index contributed by atoms with van der Waals surface area (Å²) in [7, 11) is -2.39. The second-order valence-corrected chi connectivity index (χ2v) is 6.09. The first kappa shape index (κ1) is 15.2. The molecule has 0 aliphatic heterocycles. The highest BCUT2D eigenvalue weighted by atomic mass is 32.2. The number of hydrogen-bond acceptors (Lipinski definition) is 4. The fourth-order valence-corrected chi connectivity index (χ4v) is 2.42. The van der Waals surface area contributed by atoms with Gasteiger partial charge in [0.1, 0.15) is 11.6 Å². The summed E-state index contributed by atoms with van der Waals surface area (Å²) in [4.78, 5) is -0.0430. The molecule has 112 valence electrons. The Kier molecular flexibility index (Phi) is 4.10. The Morgan fingerprint density at radius 2 is 1.76 bits per heavy atom. The molecule has 2 rings (SSSR count). The molecule has 0 unspecified atom stereocenters. The molecular weight excluding hydrogens is 300 g/mol. The molecule has 2 aromatic rings. The third-order valence-electron chi connectivity index (χ3n) is 2.80. The van der Waals surface area contributed by atoms with E-state index in [1.807, 2.05) is 0 Å². The fraction of sp³-hybridized carbons (Fsp3) is 0.0769. The number of sulfonamides is 1. The maximum atomic E-state index is 13.6. The highest BCUT2D eigenvalue weighted by Gasteiger charge is 2.14. The van der Waals surface area contributed by atoms with Gasteiger partial charge in [-0.2, -0.15) is 0 Å². The molecule has 5 nitrogen and oxygen atoms in total. The molecule has 0 saturated carbocycles. The number of benzene rings is 2. The number of hydrogen-bond donors (Lipinski definition) is 3. The molecule has 0 fully saturated rings. The molecule has 0 aliphatic rings. The van der Waals surface area contributed by atoms with E-state index in [9.17, 15) is 17.2 Å². The van der Waals surface area contributed by atoms with Gasteiger partial charge >= 0.3 is 0 Å². The van der Waals surface area contributed by atoms with Crippen LogP contribution in [-0.4, -0.2) is 15.5 Å². The molecule has 0 saturated heterocycles. The van der Waals surface area contributed by atoms with E-state index in [1.54, 1.807) is 0 Å². The van der Waals surface area contributed by atoms with Crippen molar-refractivity contribution in [3.8, 4) is 0 Å². The van der Waals surface area contributed by atoms with Gasteiger partial charge in [-0.05, 0) is 37.4 Å². The third kappa shape index (κ3) is 3.29. The number of nitrogen functional groups attached to an aromatic ring is 1. The van der Waals surface area contributed by atoms with E-state index in [-0.39, 0.29) is 22.0 Å². The zero-order chi connectivity index (χ0) is 15.6. The SMILES string of the molecule is CNS(=O)(=O)c1ccc(N)c(Nc2cc(F)ccc2F)c1. The Morgan fingerprint density at radius 1 is 1.05 bits per heavy atom. The van der Waals surface area contributed by atoms with E-state index in [1.165, 1.54) is 25.2 Å². The number of anilines is 3. The fourth-order valence-electron chi connectivity index (χ4n) is 1.67. The minimum Gasteiger partial charge on any atom is -0.397 e. The predicted octanol–water partition coefficient (Wildman–Crippen LogP) is 2.20. The van der Waals surface area contributed by atoms with Crippen molar-refractivity contribution in [1.82, 2.24) is 4.72 Å². The summed E-state index contributed by atoms with van der Waals surface area (Å²) in [6, 6.07) is 6.81. The molecule has 0 amide bonds. The van der Waals surface area contributed by atoms with Crippen molar-refractivity contribution in [2.24, 2.45) is 0 Å². The van der Waals surface area contributed by atoms with Gasteiger partial charge in [0.25, 0.3) is 0 Å². The van der Waals surface area contributed by atoms with Crippen molar-refractivity contribution in [3.05, 3.63) is 48.0 Å². The molecule has 0 aliphatic carbocycles. The molecule has 0 atom stereocenters. The Hall–Kier alpha value is -2.19. The summed E-state index contributed by atoms with van der Waals surface area (Å²) in [5, 5.41) is 2.59. The van der Waals surface area contributed by atoms with Crippen LogP contribution >= 0.6 is 0 Å². The molecule has 0 aromatic heterocycles. The van der Waals surface area contributed by atoms with Crippen molar-refractivity contribution in [2.45, 2.75) is 4.90 Å². The third-order valence-corrected chi connectivity index (χ3v) is 4.21. The van der Waals surface area contributed by atoms with Gasteiger partial charge in [-0.25, -0.2) is 21.9 Å². The van der Waals surface area contributed by atoms with Gasteiger partial charge in [0, 0.05) is 6.07 Å². The van der Waals surface area contributed by atoms with Gasteiger partial charge in [-0.1, -0.05) is 0 Å². The second-order valence-electron chi connectivity index (χ2n) is 4.21. The van der Waals surface area contributed by atoms with Crippen LogP contribution in [0, 0.1) is 11.6 Å². The molecule has 0 radical (unpaired) electrons. The Bertz CT molecular complexity index is 779. The largest absolute Gasteiger partial charge is 0.397 e. The van der Waals surface area contributed by atoms with E-state index in [4.69, 9.17) is 5.73 Å². The summed E-state index contributed by atoms with van der Waals surface area (Å²) in [5.74, 6) is -1.31. The molecule has 0 bridgehead atoms. The van der Waals surface area contributed by atoms with Crippen molar-refractivity contribution in [1.29, 1.82) is 0 Å². The van der Waals surface area contributed by atoms with Crippen LogP contribution in [0.4, 0.5) is 25.8 Å². The zero-order valence-electron chi connectivity index (χ0n) is 11.0. The van der Waals surface area contributed by atoms with Crippen LogP contribution in [0.3, 0.4) is 0 Å². The van der Waals surface area contributed by atoms with Crippen molar-refractivity contribution in [3.63, 3.8) is 0 Å². The lowest BCUT2D eigenvalue weighted by atomic mass is 10.2. The summed E-state index contributed by atoms with van der Waals surface area (Å²) >= 11 is 0. The molecule has 4 N–H and O–H groups in total. The topological polar surface area (TPSA) is 84.2 Å². The van der Waals surface area contributed by atoms with Crippen LogP contribution in [0.2, 0.25) is 0 Å². The van der Waals surface area contributed by atoms with Gasteiger partial charge < -0.3 is 11.1 Å². The number of nitrogens with two attached hydrogens (primary N) is 1. The predicted molar refractivity (Wildman–Crippen MR) is 76.7 cm³/mol. The molecule has 8 heteroatoms. The number of rotatable bonds is 4. The zero-order valence-corrected chi connectivity index (χ0v) is 11.8. The van der Waals surface area contributed by atoms with Crippen LogP contribution < -0.4 is 15.8 Å². The summed E-state index contributed by atoms with van der Waals surface area (Å²) < 4.78 is 52.3. The average Bonchev–Trinajstić information content (AvgIpc) is 2.45. The average molecular weight is 313 g/mol. The van der Waals surface area contributed by atoms with Gasteiger partial charge in [-0.3, -0.25) is 0 Å². The highest BCUT2D eigenvalue weighted by Crippen LogP contribution is 2.27. The molecule has 21 heavy (non-hydrogen) atoms. The molecule has 0 heterocycles. The first-order chi connectivity index (χ1) is 9.83. The normalized spacial score (nSPS) is 11.4. The number of halogens is 2. The molecular formula is C13H13F2N3O2S. The minimum atomic E-state index is -3.66. The lowest BCUT2D eigenvalue weighted by molar-refractivity contribution is 0.588. The van der Waals surface area contributed by atoms with Crippen molar-refractivity contribution >= 4 is 27.1 Å². The van der Waals surface area contributed by atoms with Crippen molar-refractivity contribution < 1.29 is 17.2 Å². The van der Waals surface area contributed by atoms with Gasteiger partial charge in [-0.15, -0.1) is 0 Å². The summed E-state index contributed by atoms with van der Waals surface area (Å²) in [6.45, 7) is 0. The van der Waals surface area contributed by atoms with Crippen LogP contribution in [-0.2, 0) is 10.0 Å². The molecule has 2 aromatic carbocycles. The van der Waals surface area contributed by atoms with Crippen molar-refractivity contribution in [2.75, 3.05) is 18.1 Å². The summed E-state index contributed by atoms with van der Waals surface area (Å²) in [5.41, 5.74) is 5.94. The number of nitrogens with one attached hydrogen (secondary N) is 2. The van der Waals surface area contributed by atoms with E-state index >= 15 is 0 Å². The van der Waals surface area contributed by atoms with E-state index in [2.05, 4.69) is 10.0 Å². The highest BCUT2D eigenvalue weighted by molar-refractivity contribution is 7.89. The van der Waals surface area contributed by atoms with E-state index in [0.717, 1.165) is 18.2 Å². The quantitative estimate of drug-likeness (QED) is 0.756. The van der Waals surface area contributed by atoms with Gasteiger partial charge in [0.2, 0.25) is 10.0 Å². The maximum absolute atomic E-state index is 13.6. The maximum Gasteiger partial charge on any atom is 0.240 e. The lowest BCUT2D eigenvalue weighted by Crippen LogP contribution is -2.18. The Morgan fingerprint density at radius 3 is 2.43 bits per heavy atom. The second kappa shape index (κ2) is 5.66. The van der Waals surface area contributed by atoms with Gasteiger partial charge in [0.05, 0.1) is 22.0 Å². The first-order valence-corrected chi connectivity index (χ1v) is 7.37. The van der Waals surface area contributed by atoms with Crippen LogP contribution in [0.25, 0.3) is 0 Å². The smallest absolute Gasteiger partial charge is 0.240 e. The van der Waals surface area contributed by atoms with E-state index in [0.29, 0.717) is 0 Å². The minimum absolute atomic E-state index is 0.0430. The van der Waals surface area contributed by atoms with Gasteiger partial charge in [0.15, 0.2) is 0 Å². The standard InChI is InChI=1S/C13H13F2N3O2S/c1-17-21(19,20)9-3-5-11(16)13(7-9)18-12-6-8(14)2-4-10(12)15/h2-7,17-18H,16H2,1H3. The van der Waals surface area contributed by atoms with Crippen LogP contribution in [0.15, 0.2) is 41.3 Å². The van der Waals surface area contributed by atoms with E-state index < -0.39 is 21.7 Å². The van der Waals surface area contributed by atoms with Crippen LogP contribution in [0.1, 0.15) is 0 Å². The first-order valence-electron chi connectivity index (χ1n) is 5.88. The summed E-state index contributed by atoms with van der Waals surface area (Å²) in [6.07, 6.45) is 0. The van der Waals surface area contributed by atoms with Crippen LogP contribution in [0.5, 0.6) is 0 Å². The Labute approximate surface area is 120 Å². The lowest BCUT2D eigenvalue weighted by Gasteiger charge is -2.12. The monoisotopic (exact) mass is 313 g/mol. The Balaban J connectivity index is 2.45. The molecule has 0 spiro atoms.